The topological polar surface area (TPSA) is 94.4 Å². The zero-order valence-electron chi connectivity index (χ0n) is 15.6. The summed E-state index contributed by atoms with van der Waals surface area (Å²) in [6.45, 7) is 0. The van der Waals surface area contributed by atoms with Crippen molar-refractivity contribution in [3.63, 3.8) is 0 Å². The fourth-order valence-electron chi connectivity index (χ4n) is 2.92. The number of halogens is 1. The number of carbonyl (C=O) groups is 1. The molecule has 0 saturated carbocycles. The molecule has 1 heterocycles. The number of anilines is 1. The van der Waals surface area contributed by atoms with Gasteiger partial charge in [0.2, 0.25) is 0 Å². The standard InChI is InChI=1S/C21H14ClN3O4S/c1-29-18-9-7-13(21-24-15-4-2-3-5-19(15)30-21)10-16(18)23-20(26)12-6-8-14(22)17(11-12)25(27)28/h2-11H,1H3,(H,23,26). The molecule has 150 valence electrons. The van der Waals surface area contributed by atoms with Crippen molar-refractivity contribution in [3.05, 3.63) is 81.4 Å². The van der Waals surface area contributed by atoms with Crippen molar-refractivity contribution >= 4 is 50.4 Å². The number of amides is 1. The van der Waals surface area contributed by atoms with Crippen molar-refractivity contribution in [2.45, 2.75) is 0 Å². The Morgan fingerprint density at radius 2 is 1.97 bits per heavy atom. The van der Waals surface area contributed by atoms with Crippen LogP contribution in [0.1, 0.15) is 10.4 Å². The number of rotatable bonds is 5. The van der Waals surface area contributed by atoms with Crippen molar-refractivity contribution in [2.75, 3.05) is 12.4 Å². The lowest BCUT2D eigenvalue weighted by Gasteiger charge is -2.11. The number of nitrogens with one attached hydrogen (secondary N) is 1. The molecule has 9 heteroatoms. The predicted molar refractivity (Wildman–Crippen MR) is 118 cm³/mol. The highest BCUT2D eigenvalue weighted by Gasteiger charge is 2.18. The Hall–Kier alpha value is -3.49. The van der Waals surface area contributed by atoms with E-state index < -0.39 is 10.8 Å². The molecule has 0 aliphatic rings. The highest BCUT2D eigenvalue weighted by Crippen LogP contribution is 2.35. The van der Waals surface area contributed by atoms with Gasteiger partial charge in [-0.25, -0.2) is 4.98 Å². The zero-order valence-corrected chi connectivity index (χ0v) is 17.2. The molecule has 1 N–H and O–H groups in total. The van der Waals surface area contributed by atoms with Gasteiger partial charge in [0, 0.05) is 17.2 Å². The van der Waals surface area contributed by atoms with Gasteiger partial charge in [0.1, 0.15) is 15.8 Å². The molecule has 0 fully saturated rings. The van der Waals surface area contributed by atoms with Gasteiger partial charge in [-0.2, -0.15) is 0 Å². The highest BCUT2D eigenvalue weighted by atomic mass is 35.5. The van der Waals surface area contributed by atoms with E-state index in [1.54, 1.807) is 23.5 Å². The predicted octanol–water partition coefficient (Wildman–Crippen LogP) is 5.79. The summed E-state index contributed by atoms with van der Waals surface area (Å²) in [6, 6.07) is 17.1. The Kier molecular flexibility index (Phi) is 5.35. The number of carbonyl (C=O) groups excluding carboxylic acids is 1. The molecule has 0 aliphatic carbocycles. The van der Waals surface area contributed by atoms with Gasteiger partial charge >= 0.3 is 0 Å². The summed E-state index contributed by atoms with van der Waals surface area (Å²) in [5, 5.41) is 14.6. The summed E-state index contributed by atoms with van der Waals surface area (Å²) < 4.78 is 6.41. The van der Waals surface area contributed by atoms with Crippen molar-refractivity contribution in [1.82, 2.24) is 4.98 Å². The molecule has 0 saturated heterocycles. The second-order valence-electron chi connectivity index (χ2n) is 6.28. The number of methoxy groups -OCH3 is 1. The lowest BCUT2D eigenvalue weighted by molar-refractivity contribution is -0.384. The van der Waals surface area contributed by atoms with E-state index in [4.69, 9.17) is 16.3 Å². The van der Waals surface area contributed by atoms with Crippen molar-refractivity contribution in [1.29, 1.82) is 0 Å². The Balaban J connectivity index is 1.68. The molecule has 0 unspecified atom stereocenters. The SMILES string of the molecule is COc1ccc(-c2nc3ccccc3s2)cc1NC(=O)c1ccc(Cl)c([N+](=O)[O-])c1. The maximum absolute atomic E-state index is 12.7. The van der Waals surface area contributed by atoms with Crippen LogP contribution >= 0.6 is 22.9 Å². The van der Waals surface area contributed by atoms with Gasteiger partial charge in [-0.3, -0.25) is 14.9 Å². The van der Waals surface area contributed by atoms with E-state index in [2.05, 4.69) is 10.3 Å². The largest absolute Gasteiger partial charge is 0.495 e. The van der Waals surface area contributed by atoms with E-state index in [1.165, 1.54) is 19.2 Å². The summed E-state index contributed by atoms with van der Waals surface area (Å²) >= 11 is 7.37. The molecule has 1 amide bonds. The average Bonchev–Trinajstić information content (AvgIpc) is 3.18. The molecule has 1 aromatic heterocycles. The third kappa shape index (κ3) is 3.83. The molecular formula is C21H14ClN3O4S. The van der Waals surface area contributed by atoms with Gasteiger partial charge in [-0.05, 0) is 42.5 Å². The van der Waals surface area contributed by atoms with Crippen molar-refractivity contribution in [2.24, 2.45) is 0 Å². The summed E-state index contributed by atoms with van der Waals surface area (Å²) in [5.74, 6) is -0.0637. The van der Waals surface area contributed by atoms with Crippen LogP contribution in [-0.4, -0.2) is 22.9 Å². The van der Waals surface area contributed by atoms with Crippen LogP contribution in [0.4, 0.5) is 11.4 Å². The lowest BCUT2D eigenvalue weighted by atomic mass is 10.1. The van der Waals surface area contributed by atoms with Crippen LogP contribution in [0, 0.1) is 10.1 Å². The number of nitrogens with zero attached hydrogens (tertiary/aromatic N) is 2. The van der Waals surface area contributed by atoms with Crippen molar-refractivity contribution in [3.8, 4) is 16.3 Å². The number of nitro benzene ring substituents is 1. The highest BCUT2D eigenvalue weighted by molar-refractivity contribution is 7.21. The molecular weight excluding hydrogens is 426 g/mol. The van der Waals surface area contributed by atoms with E-state index in [-0.39, 0.29) is 16.3 Å². The molecule has 4 aromatic rings. The lowest BCUT2D eigenvalue weighted by Crippen LogP contribution is -2.13. The van der Waals surface area contributed by atoms with E-state index in [9.17, 15) is 14.9 Å². The number of para-hydroxylation sites is 1. The number of hydrogen-bond donors (Lipinski definition) is 1. The Morgan fingerprint density at radius 1 is 1.17 bits per heavy atom. The molecule has 3 aromatic carbocycles. The second-order valence-corrected chi connectivity index (χ2v) is 7.72. The minimum absolute atomic E-state index is 0.0352. The number of fused-ring (bicyclic) bond motifs is 1. The van der Waals surface area contributed by atoms with Crippen LogP contribution in [-0.2, 0) is 0 Å². The molecule has 7 nitrogen and oxygen atoms in total. The Morgan fingerprint density at radius 3 is 2.70 bits per heavy atom. The molecule has 0 radical (unpaired) electrons. The van der Waals surface area contributed by atoms with Crippen molar-refractivity contribution < 1.29 is 14.5 Å². The van der Waals surface area contributed by atoms with Gasteiger partial charge in [-0.15, -0.1) is 11.3 Å². The van der Waals surface area contributed by atoms with Gasteiger partial charge in [0.05, 0.1) is 27.9 Å². The maximum Gasteiger partial charge on any atom is 0.288 e. The second kappa shape index (κ2) is 8.10. The number of nitro groups is 1. The normalized spacial score (nSPS) is 10.7. The van der Waals surface area contributed by atoms with E-state index in [0.29, 0.717) is 11.4 Å². The number of aromatic nitrogens is 1. The summed E-state index contributed by atoms with van der Waals surface area (Å²) in [4.78, 5) is 27.8. The van der Waals surface area contributed by atoms with Gasteiger partial charge in [-0.1, -0.05) is 23.7 Å². The first-order chi connectivity index (χ1) is 14.5. The minimum Gasteiger partial charge on any atom is -0.495 e. The van der Waals surface area contributed by atoms with E-state index in [1.807, 2.05) is 30.3 Å². The monoisotopic (exact) mass is 439 g/mol. The minimum atomic E-state index is -0.632. The molecule has 0 aliphatic heterocycles. The number of thiazole rings is 1. The molecule has 0 atom stereocenters. The van der Waals surface area contributed by atoms with Crippen LogP contribution in [0.25, 0.3) is 20.8 Å². The van der Waals surface area contributed by atoms with Gasteiger partial charge < -0.3 is 10.1 Å². The Bertz CT molecular complexity index is 1260. The van der Waals surface area contributed by atoms with Crippen LogP contribution < -0.4 is 10.1 Å². The molecule has 4 rings (SSSR count). The zero-order chi connectivity index (χ0) is 21.3. The molecule has 0 spiro atoms. The first-order valence-electron chi connectivity index (χ1n) is 8.75. The van der Waals surface area contributed by atoms with Gasteiger partial charge in [0.25, 0.3) is 11.6 Å². The average molecular weight is 440 g/mol. The third-order valence-corrected chi connectivity index (χ3v) is 5.80. The van der Waals surface area contributed by atoms with E-state index >= 15 is 0 Å². The van der Waals surface area contributed by atoms with Crippen LogP contribution in [0.15, 0.2) is 60.7 Å². The van der Waals surface area contributed by atoms with E-state index in [0.717, 1.165) is 26.9 Å². The fraction of sp³-hybridized carbons (Fsp3) is 0.0476. The van der Waals surface area contributed by atoms with Crippen LogP contribution in [0.2, 0.25) is 5.02 Å². The maximum atomic E-state index is 12.7. The third-order valence-electron chi connectivity index (χ3n) is 4.39. The quantitative estimate of drug-likeness (QED) is 0.314. The molecule has 30 heavy (non-hydrogen) atoms. The molecule has 0 bridgehead atoms. The fourth-order valence-corrected chi connectivity index (χ4v) is 4.07. The summed E-state index contributed by atoms with van der Waals surface area (Å²) in [7, 11) is 1.50. The number of benzene rings is 3. The van der Waals surface area contributed by atoms with Gasteiger partial charge in [0.15, 0.2) is 0 Å². The Labute approximate surface area is 180 Å². The first kappa shape index (κ1) is 19.8. The van der Waals surface area contributed by atoms with Crippen LogP contribution in [0.5, 0.6) is 5.75 Å². The number of hydrogen-bond acceptors (Lipinski definition) is 6. The number of ether oxygens (including phenoxy) is 1. The van der Waals surface area contributed by atoms with Crippen LogP contribution in [0.3, 0.4) is 0 Å². The summed E-state index contributed by atoms with van der Waals surface area (Å²) in [6.07, 6.45) is 0. The first-order valence-corrected chi connectivity index (χ1v) is 9.95. The summed E-state index contributed by atoms with van der Waals surface area (Å²) in [5.41, 5.74) is 1.91. The smallest absolute Gasteiger partial charge is 0.288 e.